The maximum Gasteiger partial charge on any atom is 0.329 e. The molecule has 2 aromatic rings. The molecule has 0 aliphatic carbocycles. The van der Waals surface area contributed by atoms with Gasteiger partial charge >= 0.3 is 11.9 Å². The van der Waals surface area contributed by atoms with E-state index < -0.39 is 34.1 Å². The number of carboxylic acids is 1. The maximum atomic E-state index is 12.9. The van der Waals surface area contributed by atoms with Crippen molar-refractivity contribution in [2.24, 2.45) is 0 Å². The molecule has 0 unspecified atom stereocenters. The zero-order valence-electron chi connectivity index (χ0n) is 34.0. The molecule has 1 aromatic carbocycles. The first-order valence-electron chi connectivity index (χ1n) is 19.6. The van der Waals surface area contributed by atoms with Crippen LogP contribution in [0.2, 0.25) is 0 Å². The van der Waals surface area contributed by atoms with Gasteiger partial charge in [-0.3, -0.25) is 19.1 Å². The third kappa shape index (κ3) is 25.0. The molecule has 1 heterocycles. The summed E-state index contributed by atoms with van der Waals surface area (Å²) in [5, 5.41) is 13.7. The van der Waals surface area contributed by atoms with E-state index >= 15 is 0 Å². The minimum Gasteiger partial charge on any atom is -0.494 e. The number of benzene rings is 1. The highest BCUT2D eigenvalue weighted by Gasteiger charge is 2.17. The van der Waals surface area contributed by atoms with Crippen molar-refractivity contribution in [2.45, 2.75) is 95.5 Å². The number of nitrogens with zero attached hydrogens (tertiary/aromatic N) is 2. The average molecular weight is 840 g/mol. The van der Waals surface area contributed by atoms with Crippen LogP contribution in [0.4, 0.5) is 5.69 Å². The summed E-state index contributed by atoms with van der Waals surface area (Å²) in [6, 6.07) is 6.11. The Balaban J connectivity index is 1.51. The Kier molecular flexibility index (Phi) is 24.8. The molecule has 0 atom stereocenters. The Morgan fingerprint density at radius 2 is 1.21 bits per heavy atom. The molecule has 0 bridgehead atoms. The molecular weight excluding hydrogens is 779 g/mol. The molecule has 1 aromatic heterocycles. The molecule has 0 fully saturated rings. The lowest BCUT2D eigenvalue weighted by Gasteiger charge is -2.19. The van der Waals surface area contributed by atoms with E-state index in [1.54, 1.807) is 12.1 Å². The number of esters is 1. The van der Waals surface area contributed by atoms with E-state index in [9.17, 15) is 27.6 Å². The smallest absolute Gasteiger partial charge is 0.329 e. The topological polar surface area (TPSA) is 240 Å². The van der Waals surface area contributed by atoms with Crippen molar-refractivity contribution in [1.29, 1.82) is 0 Å². The SMILES string of the molecule is CC(C)(C)OC(=O)CCCCCCCCCCCOc1ccc(S(=O)(=O)Nc2cnc(C(=O)NCCOCCOCC(=O)NCCOCCOCC(=O)O)nc2)cc1. The molecule has 0 saturated carbocycles. The van der Waals surface area contributed by atoms with Gasteiger partial charge in [0.15, 0.2) is 0 Å². The van der Waals surface area contributed by atoms with Crippen LogP contribution in [0.3, 0.4) is 0 Å². The predicted octanol–water partition coefficient (Wildman–Crippen LogP) is 3.90. The number of unbranched alkanes of at least 4 members (excludes halogenated alkanes) is 8. The summed E-state index contributed by atoms with van der Waals surface area (Å²) < 4.78 is 60.0. The monoisotopic (exact) mass is 839 g/mol. The van der Waals surface area contributed by atoms with Crippen molar-refractivity contribution in [2.75, 3.05) is 77.3 Å². The lowest BCUT2D eigenvalue weighted by atomic mass is 10.1. The number of nitrogens with one attached hydrogen (secondary N) is 3. The summed E-state index contributed by atoms with van der Waals surface area (Å²) in [4.78, 5) is 54.1. The summed E-state index contributed by atoms with van der Waals surface area (Å²) in [6.07, 6.45) is 12.5. The van der Waals surface area contributed by atoms with Crippen LogP contribution in [0.1, 0.15) is 95.6 Å². The second-order valence-corrected chi connectivity index (χ2v) is 15.8. The Hall–Kier alpha value is -4.43. The minimum atomic E-state index is -3.94. The van der Waals surface area contributed by atoms with Crippen molar-refractivity contribution in [1.82, 2.24) is 20.6 Å². The van der Waals surface area contributed by atoms with Crippen LogP contribution >= 0.6 is 0 Å². The van der Waals surface area contributed by atoms with Gasteiger partial charge in [-0.25, -0.2) is 23.2 Å². The van der Waals surface area contributed by atoms with E-state index in [4.69, 9.17) is 33.5 Å². The fraction of sp³-hybridized carbons (Fsp3) is 0.641. The normalized spacial score (nSPS) is 11.5. The third-order valence-electron chi connectivity index (χ3n) is 7.76. The Morgan fingerprint density at radius 3 is 1.79 bits per heavy atom. The van der Waals surface area contributed by atoms with Crippen molar-refractivity contribution in [3.05, 3.63) is 42.5 Å². The molecule has 0 aliphatic heterocycles. The van der Waals surface area contributed by atoms with E-state index in [1.165, 1.54) is 30.9 Å². The number of anilines is 1. The second-order valence-electron chi connectivity index (χ2n) is 14.1. The van der Waals surface area contributed by atoms with E-state index in [0.717, 1.165) is 51.4 Å². The molecule has 2 rings (SSSR count). The van der Waals surface area contributed by atoms with Gasteiger partial charge in [-0.05, 0) is 57.9 Å². The number of aliphatic carboxylic acids is 1. The molecule has 0 aliphatic rings. The zero-order valence-corrected chi connectivity index (χ0v) is 34.8. The number of carbonyl (C=O) groups excluding carboxylic acids is 3. The highest BCUT2D eigenvalue weighted by molar-refractivity contribution is 7.92. The quantitative estimate of drug-likeness (QED) is 0.0589. The summed E-state index contributed by atoms with van der Waals surface area (Å²) in [5.74, 6) is -1.67. The standard InChI is InChI=1S/C39H61N5O13S/c1-39(2,3)57-36(48)13-11-9-7-5-4-6-8-10-12-20-56-32-14-16-33(17-15-32)58(50,51)44-31-27-42-37(43-28-31)38(49)41-19-22-53-23-25-54-29-34(45)40-18-21-52-24-26-55-30-35(46)47/h14-17,27-28,44H,4-13,18-26,29-30H2,1-3H3,(H,40,45)(H,41,49)(H,46,47). The van der Waals surface area contributed by atoms with Crippen LogP contribution in [0, 0.1) is 0 Å². The van der Waals surface area contributed by atoms with Gasteiger partial charge in [0.1, 0.15) is 24.6 Å². The third-order valence-corrected chi connectivity index (χ3v) is 9.16. The van der Waals surface area contributed by atoms with E-state index in [0.29, 0.717) is 18.8 Å². The van der Waals surface area contributed by atoms with Gasteiger partial charge in [0.25, 0.3) is 15.9 Å². The van der Waals surface area contributed by atoms with Crippen molar-refractivity contribution < 1.29 is 61.1 Å². The number of sulfonamides is 1. The summed E-state index contributed by atoms with van der Waals surface area (Å²) in [7, 11) is -3.94. The van der Waals surface area contributed by atoms with Gasteiger partial charge < -0.3 is 44.2 Å². The number of carboxylic acid groups (broad SMARTS) is 1. The number of hydrogen-bond acceptors (Lipinski definition) is 14. The lowest BCUT2D eigenvalue weighted by molar-refractivity contribution is -0.155. The summed E-state index contributed by atoms with van der Waals surface area (Å²) in [5.41, 5.74) is -0.343. The molecule has 58 heavy (non-hydrogen) atoms. The number of aromatic nitrogens is 2. The first-order valence-corrected chi connectivity index (χ1v) is 21.1. The fourth-order valence-corrected chi connectivity index (χ4v) is 6.04. The minimum absolute atomic E-state index is 0.0289. The Bertz CT molecular complexity index is 1590. The first-order chi connectivity index (χ1) is 27.7. The van der Waals surface area contributed by atoms with Crippen LogP contribution in [0.25, 0.3) is 0 Å². The highest BCUT2D eigenvalue weighted by Crippen LogP contribution is 2.20. The van der Waals surface area contributed by atoms with E-state index in [2.05, 4.69) is 25.3 Å². The molecule has 18 nitrogen and oxygen atoms in total. The van der Waals surface area contributed by atoms with Gasteiger partial charge in [0.05, 0.1) is 69.2 Å². The van der Waals surface area contributed by atoms with Crippen molar-refractivity contribution in [3.8, 4) is 5.75 Å². The number of ether oxygens (including phenoxy) is 6. The zero-order chi connectivity index (χ0) is 42.5. The van der Waals surface area contributed by atoms with E-state index in [-0.39, 0.29) is 87.6 Å². The van der Waals surface area contributed by atoms with Gasteiger partial charge in [0.2, 0.25) is 11.7 Å². The average Bonchev–Trinajstić information content (AvgIpc) is 3.16. The number of amides is 2. The van der Waals surface area contributed by atoms with Gasteiger partial charge in [-0.1, -0.05) is 44.9 Å². The molecule has 0 radical (unpaired) electrons. The van der Waals surface area contributed by atoms with Crippen molar-refractivity contribution in [3.63, 3.8) is 0 Å². The highest BCUT2D eigenvalue weighted by atomic mass is 32.2. The lowest BCUT2D eigenvalue weighted by Crippen LogP contribution is -2.31. The molecule has 0 spiro atoms. The first kappa shape index (κ1) is 49.7. The number of rotatable bonds is 33. The van der Waals surface area contributed by atoms with Gasteiger partial charge in [-0.15, -0.1) is 0 Å². The second kappa shape index (κ2) is 28.9. The fourth-order valence-electron chi connectivity index (χ4n) is 5.01. The van der Waals surface area contributed by atoms with Crippen LogP contribution in [0.15, 0.2) is 41.6 Å². The van der Waals surface area contributed by atoms with Crippen LogP contribution in [0.5, 0.6) is 5.75 Å². The predicted molar refractivity (Wildman–Crippen MR) is 213 cm³/mol. The Labute approximate surface area is 341 Å². The molecule has 19 heteroatoms. The summed E-state index contributed by atoms with van der Waals surface area (Å²) in [6.45, 7) is 7.13. The molecule has 0 saturated heterocycles. The maximum absolute atomic E-state index is 12.9. The molecule has 326 valence electrons. The summed E-state index contributed by atoms with van der Waals surface area (Å²) >= 11 is 0. The van der Waals surface area contributed by atoms with Gasteiger partial charge in [0, 0.05) is 19.5 Å². The number of hydrogen-bond donors (Lipinski definition) is 4. The van der Waals surface area contributed by atoms with Crippen molar-refractivity contribution >= 4 is 39.5 Å². The van der Waals surface area contributed by atoms with E-state index in [1.807, 2.05) is 20.8 Å². The van der Waals surface area contributed by atoms with Crippen LogP contribution < -0.4 is 20.1 Å². The Morgan fingerprint density at radius 1 is 0.672 bits per heavy atom. The van der Waals surface area contributed by atoms with Crippen LogP contribution in [-0.4, -0.2) is 125 Å². The van der Waals surface area contributed by atoms with Crippen LogP contribution in [-0.2, 0) is 48.1 Å². The molecular formula is C39H61N5O13S. The molecule has 2 amide bonds. The largest absolute Gasteiger partial charge is 0.494 e. The van der Waals surface area contributed by atoms with Gasteiger partial charge in [-0.2, -0.15) is 0 Å². The number of carbonyl (C=O) groups is 4. The molecule has 4 N–H and O–H groups in total.